The first-order valence-corrected chi connectivity index (χ1v) is 9.83. The minimum atomic E-state index is -0.649. The molecule has 0 atom stereocenters. The minimum Gasteiger partial charge on any atom is -0.482 e. The normalized spacial score (nSPS) is 10.3. The molecule has 0 unspecified atom stereocenters. The number of esters is 1. The molecule has 2 aromatic carbocycles. The van der Waals surface area contributed by atoms with Crippen LogP contribution in [0.1, 0.15) is 43.0 Å². The van der Waals surface area contributed by atoms with Gasteiger partial charge in [-0.25, -0.2) is 4.79 Å². The Morgan fingerprint density at radius 1 is 0.931 bits per heavy atom. The number of carbonyl (C=O) groups is 3. The molecule has 7 heteroatoms. The van der Waals surface area contributed by atoms with Crippen molar-refractivity contribution < 1.29 is 23.9 Å². The van der Waals surface area contributed by atoms with E-state index in [-0.39, 0.29) is 24.9 Å². The molecule has 29 heavy (non-hydrogen) atoms. The van der Waals surface area contributed by atoms with Gasteiger partial charge in [-0.3, -0.25) is 9.59 Å². The van der Waals surface area contributed by atoms with E-state index < -0.39 is 5.97 Å². The third-order valence-electron chi connectivity index (χ3n) is 4.03. The number of anilines is 1. The number of hydrogen-bond acceptors (Lipinski definition) is 5. The van der Waals surface area contributed by atoms with E-state index in [2.05, 4.69) is 12.2 Å². The fraction of sp³-hybridized carbons (Fsp3) is 0.318. The van der Waals surface area contributed by atoms with Gasteiger partial charge in [-0.05, 0) is 55.0 Å². The number of halogens is 1. The van der Waals surface area contributed by atoms with Gasteiger partial charge < -0.3 is 14.8 Å². The molecule has 1 amide bonds. The number of ether oxygens (including phenoxy) is 2. The Bertz CT molecular complexity index is 818. The van der Waals surface area contributed by atoms with E-state index in [4.69, 9.17) is 21.1 Å². The number of nitrogens with one attached hydrogen (secondary N) is 1. The second-order valence-corrected chi connectivity index (χ2v) is 6.85. The quantitative estimate of drug-likeness (QED) is 0.326. The van der Waals surface area contributed by atoms with Crippen LogP contribution in [0.15, 0.2) is 48.5 Å². The maximum absolute atomic E-state index is 12.1. The summed E-state index contributed by atoms with van der Waals surface area (Å²) in [6.45, 7) is 1.39. The number of carbonyl (C=O) groups excluding carboxylic acids is 3. The lowest BCUT2D eigenvalue weighted by atomic mass is 10.1. The van der Waals surface area contributed by atoms with Crippen molar-refractivity contribution in [2.24, 2.45) is 0 Å². The van der Waals surface area contributed by atoms with E-state index in [1.54, 1.807) is 48.5 Å². The molecule has 0 heterocycles. The highest BCUT2D eigenvalue weighted by molar-refractivity contribution is 6.30. The minimum absolute atomic E-state index is 0.0489. The lowest BCUT2D eigenvalue weighted by molar-refractivity contribution is -0.144. The third-order valence-corrected chi connectivity index (χ3v) is 4.28. The van der Waals surface area contributed by atoms with E-state index >= 15 is 0 Å². The Kier molecular flexibility index (Phi) is 9.18. The molecule has 0 bridgehead atoms. The first kappa shape index (κ1) is 22.4. The monoisotopic (exact) mass is 417 g/mol. The Hall–Kier alpha value is -2.86. The lowest BCUT2D eigenvalue weighted by Gasteiger charge is -2.08. The molecule has 0 saturated carbocycles. The van der Waals surface area contributed by atoms with E-state index in [9.17, 15) is 14.4 Å². The topological polar surface area (TPSA) is 81.7 Å². The van der Waals surface area contributed by atoms with Crippen LogP contribution < -0.4 is 10.1 Å². The second-order valence-electron chi connectivity index (χ2n) is 6.41. The van der Waals surface area contributed by atoms with E-state index in [1.165, 1.54) is 0 Å². The third kappa shape index (κ3) is 8.35. The highest BCUT2D eigenvalue weighted by Crippen LogP contribution is 2.15. The van der Waals surface area contributed by atoms with E-state index in [1.807, 2.05) is 0 Å². The molecular weight excluding hydrogens is 394 g/mol. The molecule has 2 rings (SSSR count). The molecule has 0 aliphatic rings. The van der Waals surface area contributed by atoms with Crippen molar-refractivity contribution in [2.75, 3.05) is 18.5 Å². The predicted molar refractivity (Wildman–Crippen MR) is 111 cm³/mol. The van der Waals surface area contributed by atoms with Crippen LogP contribution in [0.4, 0.5) is 5.69 Å². The number of rotatable bonds is 11. The van der Waals surface area contributed by atoms with Crippen molar-refractivity contribution in [3.05, 3.63) is 59.1 Å². The van der Waals surface area contributed by atoms with Gasteiger partial charge in [0.25, 0.3) is 0 Å². The number of amides is 1. The summed E-state index contributed by atoms with van der Waals surface area (Å²) in [7, 11) is 0. The van der Waals surface area contributed by atoms with Gasteiger partial charge in [0, 0.05) is 22.7 Å². The number of benzene rings is 2. The zero-order chi connectivity index (χ0) is 21.1. The highest BCUT2D eigenvalue weighted by Gasteiger charge is 2.11. The summed E-state index contributed by atoms with van der Waals surface area (Å²) in [5, 5.41) is 3.36. The predicted octanol–water partition coefficient (Wildman–Crippen LogP) is 4.66. The molecule has 0 spiro atoms. The fourth-order valence-electron chi connectivity index (χ4n) is 2.44. The maximum Gasteiger partial charge on any atom is 0.344 e. The smallest absolute Gasteiger partial charge is 0.344 e. The first-order valence-electron chi connectivity index (χ1n) is 9.45. The Morgan fingerprint density at radius 3 is 2.28 bits per heavy atom. The Balaban J connectivity index is 1.73. The number of Topliss-reactive ketones (excluding diaryl/α,β-unsaturated/α-hetero) is 1. The molecule has 0 aliphatic heterocycles. The van der Waals surface area contributed by atoms with Crippen LogP contribution in [0.3, 0.4) is 0 Å². The zero-order valence-corrected chi connectivity index (χ0v) is 17.0. The molecule has 0 saturated heterocycles. The summed E-state index contributed by atoms with van der Waals surface area (Å²) >= 11 is 5.77. The van der Waals surface area contributed by atoms with Gasteiger partial charge in [-0.1, -0.05) is 31.4 Å². The largest absolute Gasteiger partial charge is 0.482 e. The van der Waals surface area contributed by atoms with Gasteiger partial charge in [-0.2, -0.15) is 0 Å². The van der Waals surface area contributed by atoms with Crippen LogP contribution in [0.5, 0.6) is 5.75 Å². The van der Waals surface area contributed by atoms with Crippen molar-refractivity contribution in [2.45, 2.75) is 32.6 Å². The van der Waals surface area contributed by atoms with Crippen molar-refractivity contribution in [3.8, 4) is 5.75 Å². The molecule has 1 N–H and O–H groups in total. The SMILES string of the molecule is CCCCCC(=O)Nc1ccc(C(=O)COC(=O)COc2ccc(Cl)cc2)cc1. The van der Waals surface area contributed by atoms with Crippen LogP contribution in [-0.4, -0.2) is 30.9 Å². The van der Waals surface area contributed by atoms with Gasteiger partial charge in [0.15, 0.2) is 19.0 Å². The van der Waals surface area contributed by atoms with Gasteiger partial charge in [0.2, 0.25) is 5.91 Å². The number of unbranched alkanes of at least 4 members (excludes halogenated alkanes) is 2. The van der Waals surface area contributed by atoms with Gasteiger partial charge in [0.1, 0.15) is 5.75 Å². The molecule has 0 fully saturated rings. The summed E-state index contributed by atoms with van der Waals surface area (Å²) in [4.78, 5) is 35.7. The van der Waals surface area contributed by atoms with Crippen LogP contribution in [0, 0.1) is 0 Å². The summed E-state index contributed by atoms with van der Waals surface area (Å²) in [5.41, 5.74) is 1.01. The van der Waals surface area contributed by atoms with Crippen molar-refractivity contribution >= 4 is 34.9 Å². The van der Waals surface area contributed by atoms with Gasteiger partial charge in [-0.15, -0.1) is 0 Å². The molecule has 0 aliphatic carbocycles. The van der Waals surface area contributed by atoms with Crippen molar-refractivity contribution in [3.63, 3.8) is 0 Å². The van der Waals surface area contributed by atoms with Crippen LogP contribution in [-0.2, 0) is 14.3 Å². The van der Waals surface area contributed by atoms with Gasteiger partial charge >= 0.3 is 5.97 Å². The zero-order valence-electron chi connectivity index (χ0n) is 16.3. The Morgan fingerprint density at radius 2 is 1.62 bits per heavy atom. The molecular formula is C22H24ClNO5. The molecule has 0 radical (unpaired) electrons. The van der Waals surface area contributed by atoms with Crippen LogP contribution in [0.2, 0.25) is 5.02 Å². The van der Waals surface area contributed by atoms with Crippen molar-refractivity contribution in [1.82, 2.24) is 0 Å². The molecule has 6 nitrogen and oxygen atoms in total. The number of ketones is 1. The van der Waals surface area contributed by atoms with E-state index in [0.29, 0.717) is 28.4 Å². The second kappa shape index (κ2) is 11.9. The maximum atomic E-state index is 12.1. The summed E-state index contributed by atoms with van der Waals surface area (Å²) < 4.78 is 10.2. The van der Waals surface area contributed by atoms with Gasteiger partial charge in [0.05, 0.1) is 0 Å². The average Bonchev–Trinajstić information content (AvgIpc) is 2.72. The summed E-state index contributed by atoms with van der Waals surface area (Å²) in [5.74, 6) is -0.563. The van der Waals surface area contributed by atoms with Crippen LogP contribution >= 0.6 is 11.6 Å². The fourth-order valence-corrected chi connectivity index (χ4v) is 2.57. The van der Waals surface area contributed by atoms with Crippen molar-refractivity contribution in [1.29, 1.82) is 0 Å². The van der Waals surface area contributed by atoms with E-state index in [0.717, 1.165) is 19.3 Å². The number of hydrogen-bond donors (Lipinski definition) is 1. The van der Waals surface area contributed by atoms with Crippen LogP contribution in [0.25, 0.3) is 0 Å². The average molecular weight is 418 g/mol. The first-order chi connectivity index (χ1) is 14.0. The highest BCUT2D eigenvalue weighted by atomic mass is 35.5. The standard InChI is InChI=1S/C22H24ClNO5/c1-2-3-4-5-21(26)24-18-10-6-16(7-11-18)20(25)14-29-22(27)15-28-19-12-8-17(23)9-13-19/h6-13H,2-5,14-15H2,1H3,(H,24,26). The molecule has 154 valence electrons. The lowest BCUT2D eigenvalue weighted by Crippen LogP contribution is -2.19. The summed E-state index contributed by atoms with van der Waals surface area (Å²) in [6.07, 6.45) is 3.40. The Labute approximate surface area is 175 Å². The molecule has 0 aromatic heterocycles. The molecule has 2 aromatic rings. The summed E-state index contributed by atoms with van der Waals surface area (Å²) in [6, 6.07) is 13.0.